The van der Waals surface area contributed by atoms with Gasteiger partial charge in [-0.2, -0.15) is 0 Å². The number of amides is 1. The number of ether oxygens (including phenoxy) is 1. The van der Waals surface area contributed by atoms with Crippen molar-refractivity contribution in [2.24, 2.45) is 5.92 Å². The molecule has 1 amide bonds. The second-order valence-electron chi connectivity index (χ2n) is 6.19. The molecule has 0 saturated carbocycles. The van der Waals surface area contributed by atoms with Gasteiger partial charge >= 0.3 is 5.97 Å². The standard InChI is InChI=1S/C15H28N2O3/c1-12(2)11-17(10-7-13(18)20-4)14(19)15(3)8-5-6-9-16-15/h12,16H,5-11H2,1-4H3. The van der Waals surface area contributed by atoms with Crippen LogP contribution >= 0.6 is 0 Å². The van der Waals surface area contributed by atoms with Crippen LogP contribution in [0, 0.1) is 5.92 Å². The van der Waals surface area contributed by atoms with Crippen LogP contribution in [0.1, 0.15) is 46.5 Å². The molecule has 0 radical (unpaired) electrons. The zero-order valence-corrected chi connectivity index (χ0v) is 13.2. The van der Waals surface area contributed by atoms with Gasteiger partial charge in [0.2, 0.25) is 5.91 Å². The molecule has 1 aliphatic rings. The molecule has 1 atom stereocenters. The van der Waals surface area contributed by atoms with Gasteiger partial charge in [-0.1, -0.05) is 13.8 Å². The zero-order valence-electron chi connectivity index (χ0n) is 13.2. The highest BCUT2D eigenvalue weighted by Crippen LogP contribution is 2.22. The summed E-state index contributed by atoms with van der Waals surface area (Å²) >= 11 is 0. The van der Waals surface area contributed by atoms with Crippen molar-refractivity contribution in [1.29, 1.82) is 0 Å². The van der Waals surface area contributed by atoms with Gasteiger partial charge in [0.25, 0.3) is 0 Å². The minimum atomic E-state index is -0.483. The molecular weight excluding hydrogens is 256 g/mol. The van der Waals surface area contributed by atoms with Gasteiger partial charge < -0.3 is 15.0 Å². The van der Waals surface area contributed by atoms with E-state index in [1.54, 1.807) is 4.90 Å². The molecule has 1 N–H and O–H groups in total. The Hall–Kier alpha value is -1.10. The van der Waals surface area contributed by atoms with Crippen molar-refractivity contribution >= 4 is 11.9 Å². The van der Waals surface area contributed by atoms with Crippen molar-refractivity contribution in [1.82, 2.24) is 10.2 Å². The van der Waals surface area contributed by atoms with Gasteiger partial charge in [-0.25, -0.2) is 0 Å². The van der Waals surface area contributed by atoms with E-state index in [2.05, 4.69) is 23.9 Å². The Labute approximate surface area is 122 Å². The lowest BCUT2D eigenvalue weighted by Crippen LogP contribution is -2.58. The first-order chi connectivity index (χ1) is 9.39. The summed E-state index contributed by atoms with van der Waals surface area (Å²) in [6.45, 7) is 8.12. The van der Waals surface area contributed by atoms with E-state index in [1.807, 2.05) is 6.92 Å². The van der Waals surface area contributed by atoms with Gasteiger partial charge in [-0.05, 0) is 38.6 Å². The summed E-state index contributed by atoms with van der Waals surface area (Å²) in [5, 5.41) is 3.34. The van der Waals surface area contributed by atoms with Crippen LogP contribution in [0.5, 0.6) is 0 Å². The Bertz CT molecular complexity index is 336. The van der Waals surface area contributed by atoms with E-state index in [1.165, 1.54) is 7.11 Å². The van der Waals surface area contributed by atoms with Crippen molar-refractivity contribution in [3.8, 4) is 0 Å². The fourth-order valence-electron chi connectivity index (χ4n) is 2.63. The van der Waals surface area contributed by atoms with Gasteiger partial charge in [0.15, 0.2) is 0 Å². The maximum absolute atomic E-state index is 12.8. The van der Waals surface area contributed by atoms with Crippen molar-refractivity contribution < 1.29 is 14.3 Å². The first-order valence-electron chi connectivity index (χ1n) is 7.50. The minimum Gasteiger partial charge on any atom is -0.469 e. The Morgan fingerprint density at radius 2 is 2.05 bits per heavy atom. The van der Waals surface area contributed by atoms with Crippen LogP contribution in [-0.2, 0) is 14.3 Å². The summed E-state index contributed by atoms with van der Waals surface area (Å²) in [5.41, 5.74) is -0.483. The molecule has 1 saturated heterocycles. The lowest BCUT2D eigenvalue weighted by Gasteiger charge is -2.38. The largest absolute Gasteiger partial charge is 0.469 e. The summed E-state index contributed by atoms with van der Waals surface area (Å²) in [7, 11) is 1.38. The first-order valence-corrected chi connectivity index (χ1v) is 7.50. The fourth-order valence-corrected chi connectivity index (χ4v) is 2.63. The van der Waals surface area contributed by atoms with Crippen LogP contribution in [0.25, 0.3) is 0 Å². The van der Waals surface area contributed by atoms with Gasteiger partial charge in [0.1, 0.15) is 0 Å². The number of rotatable bonds is 6. The van der Waals surface area contributed by atoms with Crippen molar-refractivity contribution in [2.75, 3.05) is 26.7 Å². The van der Waals surface area contributed by atoms with Crippen molar-refractivity contribution in [3.05, 3.63) is 0 Å². The molecule has 20 heavy (non-hydrogen) atoms. The Morgan fingerprint density at radius 1 is 1.35 bits per heavy atom. The van der Waals surface area contributed by atoms with Gasteiger partial charge in [0, 0.05) is 13.1 Å². The molecule has 0 aliphatic carbocycles. The molecule has 0 aromatic heterocycles. The van der Waals surface area contributed by atoms with E-state index in [0.717, 1.165) is 25.8 Å². The Balaban J connectivity index is 2.70. The lowest BCUT2D eigenvalue weighted by atomic mass is 9.89. The molecule has 1 rings (SSSR count). The van der Waals surface area contributed by atoms with E-state index >= 15 is 0 Å². The normalized spacial score (nSPS) is 22.6. The van der Waals surface area contributed by atoms with Crippen LogP contribution in [-0.4, -0.2) is 49.1 Å². The van der Waals surface area contributed by atoms with Gasteiger partial charge in [-0.3, -0.25) is 9.59 Å². The average molecular weight is 284 g/mol. The number of esters is 1. The van der Waals surface area contributed by atoms with E-state index in [9.17, 15) is 9.59 Å². The summed E-state index contributed by atoms with van der Waals surface area (Å²) in [4.78, 5) is 25.9. The van der Waals surface area contributed by atoms with E-state index < -0.39 is 5.54 Å². The number of carbonyl (C=O) groups is 2. The molecule has 0 aromatic rings. The summed E-state index contributed by atoms with van der Waals surface area (Å²) in [6, 6.07) is 0. The van der Waals surface area contributed by atoms with Crippen molar-refractivity contribution in [3.63, 3.8) is 0 Å². The van der Waals surface area contributed by atoms with Crippen LogP contribution in [0.4, 0.5) is 0 Å². The van der Waals surface area contributed by atoms with E-state index in [0.29, 0.717) is 19.0 Å². The quantitative estimate of drug-likeness (QED) is 0.752. The van der Waals surface area contributed by atoms with Gasteiger partial charge in [0.05, 0.1) is 19.1 Å². The number of carbonyl (C=O) groups excluding carboxylic acids is 2. The first kappa shape index (κ1) is 17.0. The van der Waals surface area contributed by atoms with Crippen molar-refractivity contribution in [2.45, 2.75) is 52.0 Å². The van der Waals surface area contributed by atoms with Crippen LogP contribution in [0.3, 0.4) is 0 Å². The van der Waals surface area contributed by atoms with Gasteiger partial charge in [-0.15, -0.1) is 0 Å². The lowest BCUT2D eigenvalue weighted by molar-refractivity contribution is -0.143. The highest BCUT2D eigenvalue weighted by Gasteiger charge is 2.37. The topological polar surface area (TPSA) is 58.6 Å². The Kier molecular flexibility index (Phi) is 6.46. The SMILES string of the molecule is COC(=O)CCN(CC(C)C)C(=O)C1(C)CCCCN1. The summed E-state index contributed by atoms with van der Waals surface area (Å²) in [6.07, 6.45) is 3.31. The predicted octanol–water partition coefficient (Wildman–Crippen LogP) is 1.57. The molecule has 5 heteroatoms. The predicted molar refractivity (Wildman–Crippen MR) is 78.3 cm³/mol. The third-order valence-corrected chi connectivity index (χ3v) is 3.78. The molecule has 0 spiro atoms. The van der Waals surface area contributed by atoms with E-state index in [4.69, 9.17) is 0 Å². The number of hydrogen-bond donors (Lipinski definition) is 1. The minimum absolute atomic E-state index is 0.106. The Morgan fingerprint density at radius 3 is 2.55 bits per heavy atom. The maximum Gasteiger partial charge on any atom is 0.307 e. The molecule has 0 bridgehead atoms. The number of nitrogens with zero attached hydrogens (tertiary/aromatic N) is 1. The van der Waals surface area contributed by atoms with Crippen LogP contribution in [0.2, 0.25) is 0 Å². The smallest absolute Gasteiger partial charge is 0.307 e. The second kappa shape index (κ2) is 7.62. The number of methoxy groups -OCH3 is 1. The molecule has 0 aromatic carbocycles. The second-order valence-corrected chi connectivity index (χ2v) is 6.19. The number of nitrogens with one attached hydrogen (secondary N) is 1. The maximum atomic E-state index is 12.8. The average Bonchev–Trinajstić information content (AvgIpc) is 2.42. The highest BCUT2D eigenvalue weighted by atomic mass is 16.5. The highest BCUT2D eigenvalue weighted by molar-refractivity contribution is 5.86. The third kappa shape index (κ3) is 4.78. The third-order valence-electron chi connectivity index (χ3n) is 3.78. The van der Waals surface area contributed by atoms with Crippen LogP contribution < -0.4 is 5.32 Å². The molecule has 1 unspecified atom stereocenters. The summed E-state index contributed by atoms with van der Waals surface area (Å²) in [5.74, 6) is 0.215. The molecule has 1 aliphatic heterocycles. The molecule has 1 heterocycles. The zero-order chi connectivity index (χ0) is 15.2. The molecular formula is C15H28N2O3. The fraction of sp³-hybridized carbons (Fsp3) is 0.867. The monoisotopic (exact) mass is 284 g/mol. The molecule has 5 nitrogen and oxygen atoms in total. The summed E-state index contributed by atoms with van der Waals surface area (Å²) < 4.78 is 4.66. The van der Waals surface area contributed by atoms with Crippen LogP contribution in [0.15, 0.2) is 0 Å². The number of piperidine rings is 1. The van der Waals surface area contributed by atoms with E-state index in [-0.39, 0.29) is 18.3 Å². The number of hydrogen-bond acceptors (Lipinski definition) is 4. The molecule has 116 valence electrons. The molecule has 1 fully saturated rings.